The van der Waals surface area contributed by atoms with Crippen LogP contribution in [0.2, 0.25) is 0 Å². The molecule has 0 amide bonds. The van der Waals surface area contributed by atoms with Gasteiger partial charge in [0.05, 0.1) is 23.8 Å². The van der Waals surface area contributed by atoms with Gasteiger partial charge in [0.2, 0.25) is 0 Å². The number of pyridine rings is 1. The lowest BCUT2D eigenvalue weighted by Gasteiger charge is -2.18. The Bertz CT molecular complexity index is 1110. The number of nitrogens with zero attached hydrogens (tertiary/aromatic N) is 3. The minimum absolute atomic E-state index is 0.144. The summed E-state index contributed by atoms with van der Waals surface area (Å²) >= 11 is 0. The summed E-state index contributed by atoms with van der Waals surface area (Å²) in [6.45, 7) is 2.25. The van der Waals surface area contributed by atoms with E-state index in [1.165, 1.54) is 19.3 Å². The molecule has 1 aliphatic carbocycles. The molecule has 1 unspecified atom stereocenters. The van der Waals surface area contributed by atoms with E-state index < -0.39 is 0 Å². The van der Waals surface area contributed by atoms with Gasteiger partial charge in [-0.1, -0.05) is 24.0 Å². The molecule has 4 rings (SSSR count). The minimum Gasteiger partial charge on any atom is -0.487 e. The second-order valence-corrected chi connectivity index (χ2v) is 7.76. The number of hydrogen-bond donors (Lipinski definition) is 1. The van der Waals surface area contributed by atoms with Crippen molar-refractivity contribution in [3.8, 4) is 23.3 Å². The van der Waals surface area contributed by atoms with Crippen molar-refractivity contribution in [3.05, 3.63) is 83.7 Å². The summed E-state index contributed by atoms with van der Waals surface area (Å²) in [4.78, 5) is 9.04. The molecule has 0 spiro atoms. The van der Waals surface area contributed by atoms with Crippen molar-refractivity contribution >= 4 is 0 Å². The van der Waals surface area contributed by atoms with Crippen LogP contribution in [0.15, 0.2) is 61.1 Å². The van der Waals surface area contributed by atoms with E-state index in [2.05, 4.69) is 39.6 Å². The average Bonchev–Trinajstić information content (AvgIpc) is 3.20. The Hall–Kier alpha value is -3.36. The quantitative estimate of drug-likeness (QED) is 0.481. The van der Waals surface area contributed by atoms with Crippen molar-refractivity contribution < 1.29 is 9.84 Å². The van der Waals surface area contributed by atoms with E-state index in [1.54, 1.807) is 6.20 Å². The molecule has 0 saturated heterocycles. The molecular weight excluding hydrogens is 386 g/mol. The van der Waals surface area contributed by atoms with E-state index in [1.807, 2.05) is 43.6 Å². The lowest BCUT2D eigenvalue weighted by Crippen LogP contribution is -2.12. The second-order valence-electron chi connectivity index (χ2n) is 7.76. The van der Waals surface area contributed by atoms with Crippen LogP contribution in [-0.2, 0) is 13.0 Å². The molecule has 1 aromatic carbocycles. The van der Waals surface area contributed by atoms with Crippen LogP contribution in [0.1, 0.15) is 41.9 Å². The zero-order chi connectivity index (χ0) is 21.5. The van der Waals surface area contributed by atoms with Crippen molar-refractivity contribution in [1.82, 2.24) is 14.5 Å². The zero-order valence-corrected chi connectivity index (χ0v) is 17.8. The molecule has 1 atom stereocenters. The number of aryl methyl sites for hydroxylation is 1. The van der Waals surface area contributed by atoms with Gasteiger partial charge in [-0.15, -0.1) is 0 Å². The fourth-order valence-electron chi connectivity index (χ4n) is 3.92. The molecule has 0 aliphatic heterocycles. The molecule has 2 aromatic heterocycles. The smallest absolute Gasteiger partial charge is 0.130 e. The number of ether oxygens (including phenoxy) is 1. The first-order valence-electron chi connectivity index (χ1n) is 10.7. The molecule has 2 heterocycles. The van der Waals surface area contributed by atoms with E-state index in [0.29, 0.717) is 12.5 Å². The highest BCUT2D eigenvalue weighted by Gasteiger charge is 2.17. The number of allylic oxidation sites excluding steroid dienone is 2. The van der Waals surface area contributed by atoms with Gasteiger partial charge in [-0.05, 0) is 68.0 Å². The van der Waals surface area contributed by atoms with E-state index >= 15 is 0 Å². The summed E-state index contributed by atoms with van der Waals surface area (Å²) in [6.07, 6.45) is 14.7. The Kier molecular flexibility index (Phi) is 6.81. The Morgan fingerprint density at radius 2 is 2.19 bits per heavy atom. The van der Waals surface area contributed by atoms with Gasteiger partial charge in [-0.25, -0.2) is 4.98 Å². The van der Waals surface area contributed by atoms with Crippen LogP contribution in [-0.4, -0.2) is 26.2 Å². The third-order valence-corrected chi connectivity index (χ3v) is 5.50. The molecule has 0 saturated carbocycles. The first kappa shape index (κ1) is 20.9. The van der Waals surface area contributed by atoms with Crippen LogP contribution in [0.4, 0.5) is 0 Å². The topological polar surface area (TPSA) is 60.2 Å². The highest BCUT2D eigenvalue weighted by molar-refractivity contribution is 5.45. The highest BCUT2D eigenvalue weighted by atomic mass is 16.5. The van der Waals surface area contributed by atoms with Crippen LogP contribution < -0.4 is 4.74 Å². The van der Waals surface area contributed by atoms with Gasteiger partial charge >= 0.3 is 0 Å². The second kappa shape index (κ2) is 10.1. The fourth-order valence-corrected chi connectivity index (χ4v) is 3.92. The third-order valence-electron chi connectivity index (χ3n) is 5.50. The van der Waals surface area contributed by atoms with Gasteiger partial charge in [0.25, 0.3) is 0 Å². The highest BCUT2D eigenvalue weighted by Crippen LogP contribution is 2.24. The standard InChI is InChI=1S/C26H27N3O2/c1-20-15-25(12-11-22(20)9-6-14-30)31-19-24-18-28-26(16-21-7-3-2-4-8-21)29(24)23-10-5-13-27-17-23/h3,5,7,10-13,15,17-18,21,30H,2,4,8,14,16,19H2,1H3. The third kappa shape index (κ3) is 5.22. The predicted octanol–water partition coefficient (Wildman–Crippen LogP) is 4.40. The summed E-state index contributed by atoms with van der Waals surface area (Å²) in [5.74, 6) is 7.98. The van der Waals surface area contributed by atoms with E-state index in [-0.39, 0.29) is 6.61 Å². The number of aliphatic hydroxyl groups excluding tert-OH is 1. The Labute approximate surface area is 183 Å². The monoisotopic (exact) mass is 413 g/mol. The number of aliphatic hydroxyl groups is 1. The Morgan fingerprint density at radius 3 is 2.94 bits per heavy atom. The van der Waals surface area contributed by atoms with Crippen LogP contribution in [0, 0.1) is 24.7 Å². The van der Waals surface area contributed by atoms with Crippen molar-refractivity contribution in [3.63, 3.8) is 0 Å². The maximum absolute atomic E-state index is 8.89. The van der Waals surface area contributed by atoms with Crippen LogP contribution in [0.25, 0.3) is 5.69 Å². The van der Waals surface area contributed by atoms with Crippen molar-refractivity contribution in [1.29, 1.82) is 0 Å². The van der Waals surface area contributed by atoms with Crippen LogP contribution >= 0.6 is 0 Å². The zero-order valence-electron chi connectivity index (χ0n) is 17.8. The Balaban J connectivity index is 1.56. The summed E-state index contributed by atoms with van der Waals surface area (Å²) in [6, 6.07) is 9.80. The number of hydrogen-bond acceptors (Lipinski definition) is 4. The summed E-state index contributed by atoms with van der Waals surface area (Å²) < 4.78 is 8.28. The van der Waals surface area contributed by atoms with Crippen molar-refractivity contribution in [2.45, 2.75) is 39.2 Å². The molecule has 0 bridgehead atoms. The van der Waals surface area contributed by atoms with E-state index in [0.717, 1.165) is 40.5 Å². The summed E-state index contributed by atoms with van der Waals surface area (Å²) in [5.41, 5.74) is 3.90. The molecule has 0 fully saturated rings. The van der Waals surface area contributed by atoms with Gasteiger partial charge in [-0.2, -0.15) is 0 Å². The lowest BCUT2D eigenvalue weighted by atomic mass is 9.93. The molecule has 1 N–H and O–H groups in total. The lowest BCUT2D eigenvalue weighted by molar-refractivity contribution is 0.298. The molecule has 3 aromatic rings. The summed E-state index contributed by atoms with van der Waals surface area (Å²) in [5, 5.41) is 8.89. The fraction of sp³-hybridized carbons (Fsp3) is 0.308. The normalized spacial score (nSPS) is 15.4. The number of benzene rings is 1. The van der Waals surface area contributed by atoms with Crippen LogP contribution in [0.3, 0.4) is 0 Å². The maximum atomic E-state index is 8.89. The van der Waals surface area contributed by atoms with Crippen molar-refractivity contribution in [2.75, 3.05) is 6.61 Å². The van der Waals surface area contributed by atoms with E-state index in [4.69, 9.17) is 14.8 Å². The van der Waals surface area contributed by atoms with E-state index in [9.17, 15) is 0 Å². The SMILES string of the molecule is Cc1cc(OCc2cnc(CC3C=CCCC3)n2-c2cccnc2)ccc1C#CCO. The largest absolute Gasteiger partial charge is 0.487 e. The molecular formula is C26H27N3O2. The van der Waals surface area contributed by atoms with Gasteiger partial charge in [0, 0.05) is 18.2 Å². The number of imidazole rings is 1. The molecule has 1 aliphatic rings. The first-order valence-corrected chi connectivity index (χ1v) is 10.7. The van der Waals surface area contributed by atoms with Gasteiger partial charge < -0.3 is 9.84 Å². The predicted molar refractivity (Wildman–Crippen MR) is 121 cm³/mol. The average molecular weight is 414 g/mol. The van der Waals surface area contributed by atoms with Crippen molar-refractivity contribution in [2.24, 2.45) is 5.92 Å². The maximum Gasteiger partial charge on any atom is 0.130 e. The minimum atomic E-state index is -0.144. The molecule has 0 radical (unpaired) electrons. The molecule has 31 heavy (non-hydrogen) atoms. The summed E-state index contributed by atoms with van der Waals surface area (Å²) in [7, 11) is 0. The van der Waals surface area contributed by atoms with Gasteiger partial charge in [0.15, 0.2) is 0 Å². The molecule has 158 valence electrons. The molecule has 5 heteroatoms. The number of aromatic nitrogens is 3. The van der Waals surface area contributed by atoms with Crippen LogP contribution in [0.5, 0.6) is 5.75 Å². The Morgan fingerprint density at radius 1 is 1.26 bits per heavy atom. The van der Waals surface area contributed by atoms with Gasteiger partial charge in [0.1, 0.15) is 24.8 Å². The van der Waals surface area contributed by atoms with Gasteiger partial charge in [-0.3, -0.25) is 9.55 Å². The first-order chi connectivity index (χ1) is 15.2. The number of rotatable bonds is 6. The molecule has 5 nitrogen and oxygen atoms in total.